The van der Waals surface area contributed by atoms with Crippen molar-refractivity contribution in [1.82, 2.24) is 9.88 Å². The molecule has 122 valence electrons. The van der Waals surface area contributed by atoms with Gasteiger partial charge in [-0.1, -0.05) is 11.6 Å². The van der Waals surface area contributed by atoms with E-state index in [9.17, 15) is 4.79 Å². The van der Waals surface area contributed by atoms with E-state index in [0.717, 1.165) is 15.6 Å². The fourth-order valence-corrected chi connectivity index (χ4v) is 3.30. The molecule has 1 heterocycles. The maximum absolute atomic E-state index is 12.9. The number of halogens is 2. The first-order valence-corrected chi connectivity index (χ1v) is 8.69. The van der Waals surface area contributed by atoms with Crippen LogP contribution in [-0.4, -0.2) is 36.1 Å². The third-order valence-electron chi connectivity index (χ3n) is 3.35. The van der Waals surface area contributed by atoms with Crippen molar-refractivity contribution < 1.29 is 9.53 Å². The van der Waals surface area contributed by atoms with Crippen molar-refractivity contribution in [3.63, 3.8) is 0 Å². The van der Waals surface area contributed by atoms with Crippen LogP contribution in [0.2, 0.25) is 5.02 Å². The van der Waals surface area contributed by atoms with E-state index in [1.165, 1.54) is 0 Å². The second-order valence-electron chi connectivity index (χ2n) is 5.05. The number of carbonyl (C=O) groups is 1. The van der Waals surface area contributed by atoms with Crippen molar-refractivity contribution in [1.29, 1.82) is 0 Å². The number of ether oxygens (including phenoxy) is 1. The molecule has 0 saturated carbocycles. The molecule has 0 aliphatic rings. The Kier molecular flexibility index (Phi) is 7.26. The zero-order valence-electron chi connectivity index (χ0n) is 12.8. The topological polar surface area (TPSA) is 42.4 Å². The highest BCUT2D eigenvalue weighted by molar-refractivity contribution is 14.1. The molecule has 2 aromatic rings. The van der Waals surface area contributed by atoms with E-state index in [4.69, 9.17) is 16.3 Å². The van der Waals surface area contributed by atoms with Gasteiger partial charge in [0.25, 0.3) is 5.91 Å². The molecule has 0 spiro atoms. The molecule has 23 heavy (non-hydrogen) atoms. The monoisotopic (exact) mass is 444 g/mol. The minimum absolute atomic E-state index is 0.000943. The molecule has 2 rings (SSSR count). The molecule has 0 unspecified atom stereocenters. The molecule has 0 aliphatic carbocycles. The van der Waals surface area contributed by atoms with Crippen LogP contribution in [0.3, 0.4) is 0 Å². The van der Waals surface area contributed by atoms with Crippen LogP contribution in [0.5, 0.6) is 0 Å². The summed E-state index contributed by atoms with van der Waals surface area (Å²) in [7, 11) is 1.66. The molecule has 0 saturated heterocycles. The predicted molar refractivity (Wildman–Crippen MR) is 99.6 cm³/mol. The Morgan fingerprint density at radius 2 is 2.04 bits per heavy atom. The number of hydrogen-bond donors (Lipinski definition) is 0. The fourth-order valence-electron chi connectivity index (χ4n) is 2.19. The Morgan fingerprint density at radius 1 is 1.30 bits per heavy atom. The van der Waals surface area contributed by atoms with Gasteiger partial charge >= 0.3 is 0 Å². The van der Waals surface area contributed by atoms with Crippen molar-refractivity contribution >= 4 is 40.1 Å². The molecular formula is C17H18ClIN2O2. The van der Waals surface area contributed by atoms with Crippen LogP contribution in [0.1, 0.15) is 22.3 Å². The minimum atomic E-state index is -0.000943. The van der Waals surface area contributed by atoms with E-state index in [2.05, 4.69) is 27.6 Å². The van der Waals surface area contributed by atoms with Crippen molar-refractivity contribution in [2.45, 2.75) is 13.0 Å². The van der Waals surface area contributed by atoms with Crippen LogP contribution >= 0.6 is 34.2 Å². The summed E-state index contributed by atoms with van der Waals surface area (Å²) >= 11 is 8.12. The Balaban J connectivity index is 2.19. The lowest BCUT2D eigenvalue weighted by molar-refractivity contribution is 0.0722. The van der Waals surface area contributed by atoms with E-state index < -0.39 is 0 Å². The van der Waals surface area contributed by atoms with E-state index in [1.54, 1.807) is 37.7 Å². The highest BCUT2D eigenvalue weighted by Crippen LogP contribution is 2.20. The first-order chi connectivity index (χ1) is 11.1. The molecule has 0 fully saturated rings. The van der Waals surface area contributed by atoms with E-state index >= 15 is 0 Å². The minimum Gasteiger partial charge on any atom is -0.385 e. The first kappa shape index (κ1) is 18.2. The molecule has 4 nitrogen and oxygen atoms in total. The predicted octanol–water partition coefficient (Wildman–Crippen LogP) is 4.02. The van der Waals surface area contributed by atoms with Crippen molar-refractivity contribution in [3.05, 3.63) is 62.4 Å². The van der Waals surface area contributed by atoms with Crippen LogP contribution in [-0.2, 0) is 11.3 Å². The van der Waals surface area contributed by atoms with Crippen LogP contribution in [0.15, 0.2) is 42.7 Å². The molecule has 0 atom stereocenters. The number of aromatic nitrogens is 1. The van der Waals surface area contributed by atoms with Gasteiger partial charge in [0.1, 0.15) is 0 Å². The summed E-state index contributed by atoms with van der Waals surface area (Å²) in [5, 5.41) is 0.631. The smallest absolute Gasteiger partial charge is 0.255 e. The summed E-state index contributed by atoms with van der Waals surface area (Å²) in [5.41, 5.74) is 1.72. The second kappa shape index (κ2) is 9.20. The van der Waals surface area contributed by atoms with Gasteiger partial charge in [-0.05, 0) is 64.9 Å². The molecule has 1 aromatic heterocycles. The maximum atomic E-state index is 12.9. The van der Waals surface area contributed by atoms with Gasteiger partial charge in [0.15, 0.2) is 0 Å². The third kappa shape index (κ3) is 5.44. The molecule has 1 aromatic carbocycles. The zero-order valence-corrected chi connectivity index (χ0v) is 15.8. The molecular weight excluding hydrogens is 427 g/mol. The number of rotatable bonds is 7. The number of methoxy groups -OCH3 is 1. The Morgan fingerprint density at radius 3 is 2.70 bits per heavy atom. The lowest BCUT2D eigenvalue weighted by Crippen LogP contribution is -2.32. The molecule has 0 radical (unpaired) electrons. The number of pyridine rings is 1. The first-order valence-electron chi connectivity index (χ1n) is 7.24. The van der Waals surface area contributed by atoms with E-state index in [-0.39, 0.29) is 5.91 Å². The van der Waals surface area contributed by atoms with E-state index in [0.29, 0.717) is 30.3 Å². The molecule has 0 N–H and O–H groups in total. The van der Waals surface area contributed by atoms with Gasteiger partial charge in [-0.2, -0.15) is 0 Å². The summed E-state index contributed by atoms with van der Waals surface area (Å²) in [6, 6.07) is 9.17. The van der Waals surface area contributed by atoms with Crippen molar-refractivity contribution in [2.75, 3.05) is 20.3 Å². The van der Waals surface area contributed by atoms with Gasteiger partial charge < -0.3 is 9.64 Å². The third-order valence-corrected chi connectivity index (χ3v) is 4.48. The largest absolute Gasteiger partial charge is 0.385 e. The maximum Gasteiger partial charge on any atom is 0.255 e. The lowest BCUT2D eigenvalue weighted by atomic mass is 10.1. The van der Waals surface area contributed by atoms with Gasteiger partial charge in [0.05, 0.1) is 5.56 Å². The number of amides is 1. The van der Waals surface area contributed by atoms with Crippen molar-refractivity contribution in [3.8, 4) is 0 Å². The average molecular weight is 445 g/mol. The Labute approximate surface area is 154 Å². The van der Waals surface area contributed by atoms with Gasteiger partial charge in [-0.3, -0.25) is 9.78 Å². The van der Waals surface area contributed by atoms with Crippen LogP contribution in [0, 0.1) is 3.57 Å². The number of nitrogens with zero attached hydrogens (tertiary/aromatic N) is 2. The highest BCUT2D eigenvalue weighted by atomic mass is 127. The zero-order chi connectivity index (χ0) is 16.7. The standard InChI is InChI=1S/C17H18ClIN2O2/c1-23-10-2-9-21(12-13-5-7-20-8-6-13)17(22)15-4-3-14(18)11-16(15)19/h3-8,11H,2,9-10,12H2,1H3. The summed E-state index contributed by atoms with van der Waals surface area (Å²) in [5.74, 6) is -0.000943. The second-order valence-corrected chi connectivity index (χ2v) is 6.65. The number of carbonyl (C=O) groups excluding carboxylic acids is 1. The van der Waals surface area contributed by atoms with Crippen molar-refractivity contribution in [2.24, 2.45) is 0 Å². The molecule has 0 bridgehead atoms. The van der Waals surface area contributed by atoms with Crippen LogP contribution in [0.4, 0.5) is 0 Å². The van der Waals surface area contributed by atoms with Gasteiger partial charge in [0, 0.05) is 47.8 Å². The quantitative estimate of drug-likeness (QED) is 0.478. The van der Waals surface area contributed by atoms with Gasteiger partial charge in [0.2, 0.25) is 0 Å². The van der Waals surface area contributed by atoms with E-state index in [1.807, 2.05) is 17.0 Å². The summed E-state index contributed by atoms with van der Waals surface area (Å²) in [6.07, 6.45) is 4.26. The summed E-state index contributed by atoms with van der Waals surface area (Å²) in [6.45, 7) is 1.80. The highest BCUT2D eigenvalue weighted by Gasteiger charge is 2.18. The van der Waals surface area contributed by atoms with Gasteiger partial charge in [-0.15, -0.1) is 0 Å². The molecule has 0 aliphatic heterocycles. The summed E-state index contributed by atoms with van der Waals surface area (Å²) in [4.78, 5) is 18.7. The Bertz CT molecular complexity index is 652. The number of hydrogen-bond acceptors (Lipinski definition) is 3. The SMILES string of the molecule is COCCCN(Cc1ccncc1)C(=O)c1ccc(Cl)cc1I. The lowest BCUT2D eigenvalue weighted by Gasteiger charge is -2.23. The fraction of sp³-hybridized carbons (Fsp3) is 0.294. The van der Waals surface area contributed by atoms with Crippen LogP contribution in [0.25, 0.3) is 0 Å². The molecule has 6 heteroatoms. The van der Waals surface area contributed by atoms with Gasteiger partial charge in [-0.25, -0.2) is 0 Å². The normalized spacial score (nSPS) is 10.6. The summed E-state index contributed by atoms with van der Waals surface area (Å²) < 4.78 is 5.95. The average Bonchev–Trinajstić information content (AvgIpc) is 2.54. The van der Waals surface area contributed by atoms with Crippen LogP contribution < -0.4 is 0 Å². The Hall–Kier alpha value is -1.18. The number of benzene rings is 1. The molecule has 1 amide bonds.